The molecule has 0 radical (unpaired) electrons. The number of aromatic nitrogens is 2. The molecule has 0 amide bonds. The molecule has 6 nitrogen and oxygen atoms in total. The highest BCUT2D eigenvalue weighted by Crippen LogP contribution is 2.13. The first-order valence-electron chi connectivity index (χ1n) is 6.05. The molecule has 1 heterocycles. The summed E-state index contributed by atoms with van der Waals surface area (Å²) in [5.41, 5.74) is 0. The largest absolute Gasteiger partial charge is 0.475 e. The Hall–Kier alpha value is -1.40. The molecule has 1 aromatic heterocycles. The molecule has 0 spiro atoms. The Morgan fingerprint density at radius 3 is 2.72 bits per heavy atom. The van der Waals surface area contributed by atoms with Crippen molar-refractivity contribution in [1.29, 1.82) is 0 Å². The topological polar surface area (TPSA) is 65.5 Å². The fourth-order valence-electron chi connectivity index (χ4n) is 1.32. The van der Waals surface area contributed by atoms with E-state index in [4.69, 9.17) is 14.2 Å². The molecule has 1 rings (SSSR count). The number of methoxy groups -OCH3 is 1. The molecule has 0 fully saturated rings. The van der Waals surface area contributed by atoms with Gasteiger partial charge in [-0.25, -0.2) is 4.98 Å². The summed E-state index contributed by atoms with van der Waals surface area (Å²) in [4.78, 5) is 8.48. The molecule has 0 saturated carbocycles. The lowest BCUT2D eigenvalue weighted by molar-refractivity contribution is 0.0985. The molecule has 0 atom stereocenters. The van der Waals surface area contributed by atoms with Crippen LogP contribution in [-0.2, 0) is 16.1 Å². The molecule has 0 saturated heterocycles. The lowest BCUT2D eigenvalue weighted by Crippen LogP contribution is -2.10. The summed E-state index contributed by atoms with van der Waals surface area (Å²) >= 11 is 0. The maximum Gasteiger partial charge on any atom is 0.218 e. The third-order valence-corrected chi connectivity index (χ3v) is 2.10. The second kappa shape index (κ2) is 8.66. The average Bonchev–Trinajstić information content (AvgIpc) is 2.38. The third-order valence-electron chi connectivity index (χ3n) is 2.10. The van der Waals surface area contributed by atoms with Crippen LogP contribution in [0.4, 0.5) is 5.82 Å². The zero-order valence-corrected chi connectivity index (χ0v) is 11.2. The van der Waals surface area contributed by atoms with Crippen LogP contribution in [0, 0.1) is 0 Å². The minimum atomic E-state index is 0.359. The van der Waals surface area contributed by atoms with Crippen LogP contribution >= 0.6 is 0 Å². The van der Waals surface area contributed by atoms with Crippen molar-refractivity contribution in [2.24, 2.45) is 0 Å². The van der Waals surface area contributed by atoms with Crippen LogP contribution in [0.1, 0.15) is 19.2 Å². The second-order valence-electron chi connectivity index (χ2n) is 3.65. The molecule has 0 bridgehead atoms. The Morgan fingerprint density at radius 2 is 2.06 bits per heavy atom. The molecular formula is C12H21N3O3. The van der Waals surface area contributed by atoms with Gasteiger partial charge in [0.05, 0.1) is 6.61 Å². The molecule has 1 aromatic rings. The first-order valence-corrected chi connectivity index (χ1v) is 6.05. The van der Waals surface area contributed by atoms with Gasteiger partial charge in [-0.1, -0.05) is 6.92 Å². The molecule has 6 heteroatoms. The number of ether oxygens (including phenoxy) is 3. The van der Waals surface area contributed by atoms with Gasteiger partial charge in [0, 0.05) is 26.8 Å². The summed E-state index contributed by atoms with van der Waals surface area (Å²) in [7, 11) is 3.40. The zero-order valence-electron chi connectivity index (χ0n) is 11.2. The van der Waals surface area contributed by atoms with Gasteiger partial charge in [-0.15, -0.1) is 0 Å². The molecule has 0 unspecified atom stereocenters. The Labute approximate surface area is 108 Å². The van der Waals surface area contributed by atoms with E-state index in [-0.39, 0.29) is 0 Å². The molecule has 18 heavy (non-hydrogen) atoms. The highest BCUT2D eigenvalue weighted by Gasteiger charge is 2.04. The first-order chi connectivity index (χ1) is 8.80. The second-order valence-corrected chi connectivity index (χ2v) is 3.65. The van der Waals surface area contributed by atoms with E-state index in [2.05, 4.69) is 22.2 Å². The van der Waals surface area contributed by atoms with Crippen molar-refractivity contribution in [2.75, 3.05) is 39.3 Å². The summed E-state index contributed by atoms with van der Waals surface area (Å²) in [6.07, 6.45) is 1.01. The lowest BCUT2D eigenvalue weighted by Gasteiger charge is -2.09. The van der Waals surface area contributed by atoms with Crippen LogP contribution in [0.2, 0.25) is 0 Å². The van der Waals surface area contributed by atoms with Crippen molar-refractivity contribution >= 4 is 5.82 Å². The van der Waals surface area contributed by atoms with Crippen molar-refractivity contribution in [2.45, 2.75) is 20.0 Å². The van der Waals surface area contributed by atoms with Crippen molar-refractivity contribution in [1.82, 2.24) is 9.97 Å². The summed E-state index contributed by atoms with van der Waals surface area (Å²) in [6.45, 7) is 4.22. The Bertz CT molecular complexity index is 347. The van der Waals surface area contributed by atoms with Crippen LogP contribution in [0.15, 0.2) is 6.07 Å². The predicted molar refractivity (Wildman–Crippen MR) is 68.9 cm³/mol. The maximum absolute atomic E-state index is 5.51. The van der Waals surface area contributed by atoms with E-state index >= 15 is 0 Å². The molecule has 1 N–H and O–H groups in total. The number of nitrogens with zero attached hydrogens (tertiary/aromatic N) is 2. The number of hydrogen-bond donors (Lipinski definition) is 1. The summed E-state index contributed by atoms with van der Waals surface area (Å²) in [6, 6.07) is 1.75. The maximum atomic E-state index is 5.51. The minimum absolute atomic E-state index is 0.359. The molecule has 0 aliphatic heterocycles. The lowest BCUT2D eigenvalue weighted by atomic mass is 10.5. The SMILES string of the molecule is CCCOCCOc1cc(NC)nc(COC)n1. The molecule has 0 aliphatic rings. The molecule has 0 aliphatic carbocycles. The number of anilines is 1. The fraction of sp³-hybridized carbons (Fsp3) is 0.667. The molecule has 102 valence electrons. The van der Waals surface area contributed by atoms with Crippen molar-refractivity contribution in [3.8, 4) is 5.88 Å². The van der Waals surface area contributed by atoms with Gasteiger partial charge in [0.15, 0.2) is 5.82 Å². The molecule has 0 aromatic carbocycles. The predicted octanol–water partition coefficient (Wildman–Crippen LogP) is 1.47. The van der Waals surface area contributed by atoms with Gasteiger partial charge in [-0.05, 0) is 6.42 Å². The Kier molecular flexibility index (Phi) is 7.05. The normalized spacial score (nSPS) is 10.4. The van der Waals surface area contributed by atoms with Gasteiger partial charge in [0.25, 0.3) is 0 Å². The number of hydrogen-bond acceptors (Lipinski definition) is 6. The minimum Gasteiger partial charge on any atom is -0.475 e. The Morgan fingerprint density at radius 1 is 1.22 bits per heavy atom. The van der Waals surface area contributed by atoms with Crippen LogP contribution in [0.5, 0.6) is 5.88 Å². The van der Waals surface area contributed by atoms with Gasteiger partial charge in [0.2, 0.25) is 5.88 Å². The standard InChI is InChI=1S/C12H21N3O3/c1-4-5-17-6-7-18-12-8-10(13-2)14-11(15-12)9-16-3/h8H,4-7,9H2,1-3H3,(H,13,14,15). The van der Waals surface area contributed by atoms with E-state index in [0.717, 1.165) is 13.0 Å². The highest BCUT2D eigenvalue weighted by molar-refractivity contribution is 5.37. The van der Waals surface area contributed by atoms with Gasteiger partial charge < -0.3 is 19.5 Å². The summed E-state index contributed by atoms with van der Waals surface area (Å²) < 4.78 is 15.8. The fourth-order valence-corrected chi connectivity index (χ4v) is 1.32. The van der Waals surface area contributed by atoms with Gasteiger partial charge >= 0.3 is 0 Å². The van der Waals surface area contributed by atoms with Crippen LogP contribution in [0.3, 0.4) is 0 Å². The van der Waals surface area contributed by atoms with Crippen molar-refractivity contribution in [3.05, 3.63) is 11.9 Å². The van der Waals surface area contributed by atoms with E-state index in [1.54, 1.807) is 20.2 Å². The highest BCUT2D eigenvalue weighted by atomic mass is 16.5. The van der Waals surface area contributed by atoms with Gasteiger partial charge in [-0.3, -0.25) is 0 Å². The average molecular weight is 255 g/mol. The smallest absolute Gasteiger partial charge is 0.218 e. The number of rotatable bonds is 9. The zero-order chi connectivity index (χ0) is 13.2. The Balaban J connectivity index is 2.50. The quantitative estimate of drug-likeness (QED) is 0.674. The van der Waals surface area contributed by atoms with E-state index in [1.165, 1.54) is 0 Å². The van der Waals surface area contributed by atoms with Crippen molar-refractivity contribution in [3.63, 3.8) is 0 Å². The van der Waals surface area contributed by atoms with Crippen LogP contribution < -0.4 is 10.1 Å². The molecular weight excluding hydrogens is 234 g/mol. The monoisotopic (exact) mass is 255 g/mol. The first kappa shape index (κ1) is 14.7. The van der Waals surface area contributed by atoms with E-state index in [1.807, 2.05) is 0 Å². The van der Waals surface area contributed by atoms with E-state index < -0.39 is 0 Å². The summed E-state index contributed by atoms with van der Waals surface area (Å²) in [5, 5.41) is 2.96. The van der Waals surface area contributed by atoms with Crippen molar-refractivity contribution < 1.29 is 14.2 Å². The summed E-state index contributed by atoms with van der Waals surface area (Å²) in [5.74, 6) is 1.83. The number of nitrogens with one attached hydrogen (secondary N) is 1. The van der Waals surface area contributed by atoms with Crippen LogP contribution in [-0.4, -0.2) is 43.9 Å². The third kappa shape index (κ3) is 5.29. The van der Waals surface area contributed by atoms with Gasteiger partial charge in [0.1, 0.15) is 19.0 Å². The van der Waals surface area contributed by atoms with Gasteiger partial charge in [-0.2, -0.15) is 4.98 Å². The van der Waals surface area contributed by atoms with E-state index in [0.29, 0.717) is 37.3 Å². The van der Waals surface area contributed by atoms with Crippen LogP contribution in [0.25, 0.3) is 0 Å². The van der Waals surface area contributed by atoms with E-state index in [9.17, 15) is 0 Å².